The third-order valence-electron chi connectivity index (χ3n) is 6.31. The number of carbonyl (C=O) groups is 2. The molecule has 1 aromatic carbocycles. The number of carboxylic acid groups (broad SMARTS) is 1. The number of benzene rings is 1. The minimum atomic E-state index is -1.44. The van der Waals surface area contributed by atoms with Gasteiger partial charge in [0, 0.05) is 18.9 Å². The highest BCUT2D eigenvalue weighted by molar-refractivity contribution is 5.94. The summed E-state index contributed by atoms with van der Waals surface area (Å²) in [5.41, 5.74) is 0.854. The van der Waals surface area contributed by atoms with E-state index < -0.39 is 34.5 Å². The van der Waals surface area contributed by atoms with Crippen LogP contribution in [0.25, 0.3) is 16.6 Å². The maximum atomic E-state index is 16.3. The number of aryl methyl sites for hydroxylation is 1. The van der Waals surface area contributed by atoms with Crippen molar-refractivity contribution in [2.45, 2.75) is 46.4 Å². The Balaban J connectivity index is 1.63. The Labute approximate surface area is 222 Å². The standard InChI is InChI=1S/C28H26FN5O5/c1-15-10-22(32-27(38)39-28(2,3)4)31-11-21(15)34-13-18(26(36)37)25(35)17-7-8-20(23(29)24(17)34)33-12-16-6-5-9-30-19(16)14-33/h5-11,13H,12,14H2,1-4H3,(H,36,37)(H,31,32,38). The van der Waals surface area contributed by atoms with Gasteiger partial charge in [0.15, 0.2) is 5.82 Å². The predicted octanol–water partition coefficient (Wildman–Crippen LogP) is 4.79. The number of nitrogens with one attached hydrogen (secondary N) is 1. The molecule has 4 aromatic rings. The molecular weight excluding hydrogens is 505 g/mol. The van der Waals surface area contributed by atoms with Crippen molar-refractivity contribution >= 4 is 34.5 Å². The van der Waals surface area contributed by atoms with E-state index in [1.54, 1.807) is 40.0 Å². The Morgan fingerprint density at radius 3 is 2.56 bits per heavy atom. The van der Waals surface area contributed by atoms with Gasteiger partial charge in [-0.1, -0.05) is 6.07 Å². The lowest BCUT2D eigenvalue weighted by atomic mass is 10.1. The van der Waals surface area contributed by atoms with Crippen LogP contribution in [-0.4, -0.2) is 37.3 Å². The Hall–Kier alpha value is -4.80. The van der Waals surface area contributed by atoms with E-state index in [9.17, 15) is 19.5 Å². The number of halogens is 1. The van der Waals surface area contributed by atoms with Gasteiger partial charge in [0.05, 0.1) is 40.7 Å². The third-order valence-corrected chi connectivity index (χ3v) is 6.31. The molecule has 39 heavy (non-hydrogen) atoms. The van der Waals surface area contributed by atoms with Gasteiger partial charge >= 0.3 is 12.1 Å². The van der Waals surface area contributed by atoms with Crippen molar-refractivity contribution < 1.29 is 23.8 Å². The molecule has 0 aliphatic carbocycles. The number of rotatable bonds is 4. The maximum absolute atomic E-state index is 16.3. The van der Waals surface area contributed by atoms with Gasteiger partial charge < -0.3 is 19.3 Å². The number of anilines is 2. The first kappa shape index (κ1) is 25.8. The van der Waals surface area contributed by atoms with Gasteiger partial charge in [-0.3, -0.25) is 15.1 Å². The van der Waals surface area contributed by atoms with Gasteiger partial charge in [0.25, 0.3) is 0 Å². The molecule has 0 saturated heterocycles. The average molecular weight is 532 g/mol. The van der Waals surface area contributed by atoms with Gasteiger partial charge in [0.1, 0.15) is 17.0 Å². The number of aromatic carboxylic acids is 1. The minimum Gasteiger partial charge on any atom is -0.477 e. The number of fused-ring (bicyclic) bond motifs is 2. The summed E-state index contributed by atoms with van der Waals surface area (Å²) in [6.45, 7) is 7.73. The van der Waals surface area contributed by atoms with Crippen molar-refractivity contribution in [3.05, 3.63) is 87.3 Å². The van der Waals surface area contributed by atoms with E-state index in [2.05, 4.69) is 15.3 Å². The van der Waals surface area contributed by atoms with E-state index in [-0.39, 0.29) is 22.4 Å². The molecule has 10 nitrogen and oxygen atoms in total. The maximum Gasteiger partial charge on any atom is 0.413 e. The van der Waals surface area contributed by atoms with Crippen LogP contribution in [0.4, 0.5) is 20.7 Å². The van der Waals surface area contributed by atoms with Crippen LogP contribution in [-0.2, 0) is 17.8 Å². The number of amides is 1. The summed E-state index contributed by atoms with van der Waals surface area (Å²) >= 11 is 0. The van der Waals surface area contributed by atoms with Crippen molar-refractivity contribution in [3.8, 4) is 5.69 Å². The minimum absolute atomic E-state index is 0.0795. The van der Waals surface area contributed by atoms with Crippen LogP contribution in [0.5, 0.6) is 0 Å². The van der Waals surface area contributed by atoms with Crippen LogP contribution in [0, 0.1) is 12.7 Å². The molecule has 0 radical (unpaired) electrons. The zero-order valence-electron chi connectivity index (χ0n) is 21.8. The molecule has 3 aromatic heterocycles. The molecule has 1 aliphatic heterocycles. The molecule has 2 N–H and O–H groups in total. The molecule has 11 heteroatoms. The fraction of sp³-hybridized carbons (Fsp3) is 0.250. The van der Waals surface area contributed by atoms with E-state index in [0.717, 1.165) is 17.5 Å². The Bertz CT molecular complexity index is 1680. The number of carbonyl (C=O) groups excluding carboxylic acids is 1. The second kappa shape index (κ2) is 9.50. The van der Waals surface area contributed by atoms with Gasteiger partial charge in [-0.05, 0) is 63.1 Å². The first-order valence-electron chi connectivity index (χ1n) is 12.2. The van der Waals surface area contributed by atoms with Crippen LogP contribution in [0.3, 0.4) is 0 Å². The topological polar surface area (TPSA) is 127 Å². The van der Waals surface area contributed by atoms with E-state index >= 15 is 4.39 Å². The molecule has 1 aliphatic rings. The van der Waals surface area contributed by atoms with Crippen LogP contribution in [0.1, 0.15) is 48.0 Å². The zero-order valence-corrected chi connectivity index (χ0v) is 21.8. The summed E-state index contributed by atoms with van der Waals surface area (Å²) in [6, 6.07) is 8.23. The summed E-state index contributed by atoms with van der Waals surface area (Å²) in [4.78, 5) is 47.5. The van der Waals surface area contributed by atoms with E-state index in [1.165, 1.54) is 22.9 Å². The molecule has 4 heterocycles. The van der Waals surface area contributed by atoms with Crippen LogP contribution >= 0.6 is 0 Å². The number of nitrogens with zero attached hydrogens (tertiary/aromatic N) is 4. The highest BCUT2D eigenvalue weighted by atomic mass is 19.1. The zero-order chi connectivity index (χ0) is 28.1. The number of hydrogen-bond donors (Lipinski definition) is 2. The van der Waals surface area contributed by atoms with Crippen LogP contribution < -0.4 is 15.6 Å². The Morgan fingerprint density at radius 2 is 1.90 bits per heavy atom. The normalized spacial score (nSPS) is 12.9. The van der Waals surface area contributed by atoms with Gasteiger partial charge in [0.2, 0.25) is 5.43 Å². The number of carboxylic acids is 1. The van der Waals surface area contributed by atoms with Crippen molar-refractivity contribution in [2.75, 3.05) is 10.2 Å². The number of pyridine rings is 3. The molecule has 0 saturated carbocycles. The summed E-state index contributed by atoms with van der Waals surface area (Å²) in [7, 11) is 0. The second-order valence-electron chi connectivity index (χ2n) is 10.3. The largest absolute Gasteiger partial charge is 0.477 e. The number of ether oxygens (including phenoxy) is 1. The van der Waals surface area contributed by atoms with E-state index in [0.29, 0.717) is 24.3 Å². The lowest BCUT2D eigenvalue weighted by molar-refractivity contribution is 0.0633. The van der Waals surface area contributed by atoms with Crippen molar-refractivity contribution in [3.63, 3.8) is 0 Å². The third kappa shape index (κ3) is 4.90. The van der Waals surface area contributed by atoms with Crippen molar-refractivity contribution in [1.29, 1.82) is 0 Å². The molecule has 0 atom stereocenters. The molecule has 0 unspecified atom stereocenters. The monoisotopic (exact) mass is 531 g/mol. The molecule has 0 spiro atoms. The first-order valence-corrected chi connectivity index (χ1v) is 12.2. The molecule has 0 bridgehead atoms. The van der Waals surface area contributed by atoms with Crippen LogP contribution in [0.15, 0.2) is 53.7 Å². The van der Waals surface area contributed by atoms with E-state index in [1.807, 2.05) is 17.0 Å². The van der Waals surface area contributed by atoms with Crippen molar-refractivity contribution in [2.24, 2.45) is 0 Å². The second-order valence-corrected chi connectivity index (χ2v) is 10.3. The average Bonchev–Trinajstić information content (AvgIpc) is 3.27. The lowest BCUT2D eigenvalue weighted by Crippen LogP contribution is -2.27. The first-order chi connectivity index (χ1) is 18.4. The van der Waals surface area contributed by atoms with Gasteiger partial charge in [-0.2, -0.15) is 0 Å². The molecule has 5 rings (SSSR count). The van der Waals surface area contributed by atoms with Gasteiger partial charge in [-0.25, -0.2) is 19.0 Å². The van der Waals surface area contributed by atoms with Gasteiger partial charge in [-0.15, -0.1) is 0 Å². The fourth-order valence-electron chi connectivity index (χ4n) is 4.60. The van der Waals surface area contributed by atoms with E-state index in [4.69, 9.17) is 4.74 Å². The lowest BCUT2D eigenvalue weighted by Gasteiger charge is -2.22. The fourth-order valence-corrected chi connectivity index (χ4v) is 4.60. The molecule has 1 amide bonds. The predicted molar refractivity (Wildman–Crippen MR) is 143 cm³/mol. The quantitative estimate of drug-likeness (QED) is 0.385. The Morgan fingerprint density at radius 1 is 1.13 bits per heavy atom. The Kier molecular flexibility index (Phi) is 6.29. The number of aromatic nitrogens is 3. The smallest absolute Gasteiger partial charge is 0.413 e. The number of hydrogen-bond acceptors (Lipinski definition) is 7. The summed E-state index contributed by atoms with van der Waals surface area (Å²) in [5.74, 6) is -1.92. The summed E-state index contributed by atoms with van der Waals surface area (Å²) in [5, 5.41) is 12.2. The molecule has 200 valence electrons. The summed E-state index contributed by atoms with van der Waals surface area (Å²) in [6.07, 6.45) is 3.46. The van der Waals surface area contributed by atoms with Crippen LogP contribution in [0.2, 0.25) is 0 Å². The molecular formula is C28H26FN5O5. The summed E-state index contributed by atoms with van der Waals surface area (Å²) < 4.78 is 22.9. The highest BCUT2D eigenvalue weighted by Gasteiger charge is 2.26. The highest BCUT2D eigenvalue weighted by Crippen LogP contribution is 2.33. The molecule has 0 fully saturated rings. The van der Waals surface area contributed by atoms with Crippen molar-refractivity contribution in [1.82, 2.24) is 14.5 Å². The SMILES string of the molecule is Cc1cc(NC(=O)OC(C)(C)C)ncc1-n1cc(C(=O)O)c(=O)c2ccc(N3Cc4cccnc4C3)c(F)c21.